The van der Waals surface area contributed by atoms with E-state index in [1.54, 1.807) is 7.05 Å². The highest BCUT2D eigenvalue weighted by atomic mass is 15.5. The second-order valence-electron chi connectivity index (χ2n) is 1.74. The van der Waals surface area contributed by atoms with Crippen LogP contribution in [-0.2, 0) is 0 Å². The van der Waals surface area contributed by atoms with Crippen LogP contribution in [0.25, 0.3) is 0 Å². The summed E-state index contributed by atoms with van der Waals surface area (Å²) in [5, 5.41) is 4.49. The molecule has 1 aliphatic rings. The van der Waals surface area contributed by atoms with Crippen LogP contribution in [0.2, 0.25) is 0 Å². The van der Waals surface area contributed by atoms with Gasteiger partial charge in [0.15, 0.2) is 0 Å². The smallest absolute Gasteiger partial charge is 0.208 e. The molecule has 0 spiro atoms. The van der Waals surface area contributed by atoms with E-state index in [0.717, 1.165) is 19.0 Å². The Morgan fingerprint density at radius 2 is 2.62 bits per heavy atom. The van der Waals surface area contributed by atoms with Crippen LogP contribution >= 0.6 is 0 Å². The molecule has 1 heterocycles. The number of nitrogens with zero attached hydrogens (tertiary/aromatic N) is 2. The van der Waals surface area contributed by atoms with Gasteiger partial charge in [-0.15, -0.1) is 0 Å². The number of guanidine groups is 1. The maximum atomic E-state index is 5.34. The van der Waals surface area contributed by atoms with Crippen LogP contribution < -0.4 is 11.2 Å². The molecule has 0 radical (unpaired) electrons. The first kappa shape index (κ1) is 5.37. The SMILES string of the molecule is CN(N)C1=NCCN1. The summed E-state index contributed by atoms with van der Waals surface area (Å²) in [5.74, 6) is 6.12. The molecule has 0 aromatic heterocycles. The second-order valence-corrected chi connectivity index (χ2v) is 1.74. The van der Waals surface area contributed by atoms with E-state index >= 15 is 0 Å². The fourth-order valence-corrected chi connectivity index (χ4v) is 0.622. The van der Waals surface area contributed by atoms with Gasteiger partial charge in [0, 0.05) is 13.6 Å². The number of rotatable bonds is 0. The van der Waals surface area contributed by atoms with Crippen LogP contribution in [0.3, 0.4) is 0 Å². The van der Waals surface area contributed by atoms with E-state index in [9.17, 15) is 0 Å². The fraction of sp³-hybridized carbons (Fsp3) is 0.750. The third kappa shape index (κ3) is 0.894. The summed E-state index contributed by atoms with van der Waals surface area (Å²) in [4.78, 5) is 4.04. The second kappa shape index (κ2) is 2.00. The zero-order valence-corrected chi connectivity index (χ0v) is 4.89. The Morgan fingerprint density at radius 1 is 1.88 bits per heavy atom. The first-order chi connectivity index (χ1) is 3.80. The lowest BCUT2D eigenvalue weighted by Gasteiger charge is -2.10. The first-order valence-corrected chi connectivity index (χ1v) is 2.57. The monoisotopic (exact) mass is 114 g/mol. The Labute approximate surface area is 48.3 Å². The number of nitrogens with two attached hydrogens (primary N) is 1. The van der Waals surface area contributed by atoms with Crippen molar-refractivity contribution in [3.05, 3.63) is 0 Å². The van der Waals surface area contributed by atoms with Gasteiger partial charge in [-0.3, -0.25) is 10.0 Å². The third-order valence-electron chi connectivity index (χ3n) is 0.991. The average molecular weight is 114 g/mol. The van der Waals surface area contributed by atoms with Gasteiger partial charge in [0.2, 0.25) is 5.96 Å². The van der Waals surface area contributed by atoms with Gasteiger partial charge in [0.25, 0.3) is 0 Å². The predicted octanol–water partition coefficient (Wildman–Crippen LogP) is -1.25. The van der Waals surface area contributed by atoms with Crippen molar-refractivity contribution in [1.82, 2.24) is 10.3 Å². The number of hydrazine groups is 1. The van der Waals surface area contributed by atoms with Gasteiger partial charge in [-0.1, -0.05) is 0 Å². The van der Waals surface area contributed by atoms with Crippen LogP contribution in [0.15, 0.2) is 4.99 Å². The molecule has 0 amide bonds. The molecule has 0 saturated carbocycles. The summed E-state index contributed by atoms with van der Waals surface area (Å²) < 4.78 is 0. The number of hydrogen-bond donors (Lipinski definition) is 2. The number of hydrogen-bond acceptors (Lipinski definition) is 4. The van der Waals surface area contributed by atoms with Crippen molar-refractivity contribution in [3.8, 4) is 0 Å². The van der Waals surface area contributed by atoms with Crippen molar-refractivity contribution in [2.75, 3.05) is 20.1 Å². The Morgan fingerprint density at radius 3 is 2.88 bits per heavy atom. The van der Waals surface area contributed by atoms with Crippen LogP contribution in [0.5, 0.6) is 0 Å². The highest BCUT2D eigenvalue weighted by Crippen LogP contribution is 1.83. The van der Waals surface area contributed by atoms with Crippen LogP contribution in [0.4, 0.5) is 0 Å². The summed E-state index contributed by atoms with van der Waals surface area (Å²) in [6, 6.07) is 0. The van der Waals surface area contributed by atoms with E-state index in [2.05, 4.69) is 10.3 Å². The van der Waals surface area contributed by atoms with E-state index in [0.29, 0.717) is 0 Å². The molecule has 3 N–H and O–H groups in total. The Bertz CT molecular complexity index is 107. The molecule has 4 nitrogen and oxygen atoms in total. The van der Waals surface area contributed by atoms with Gasteiger partial charge in [-0.05, 0) is 0 Å². The highest BCUT2D eigenvalue weighted by Gasteiger charge is 2.04. The molecule has 1 rings (SSSR count). The molecule has 0 aromatic rings. The Balaban J connectivity index is 2.45. The third-order valence-corrected chi connectivity index (χ3v) is 0.991. The quantitative estimate of drug-likeness (QED) is 0.305. The minimum Gasteiger partial charge on any atom is -0.353 e. The normalized spacial score (nSPS) is 17.5. The summed E-state index contributed by atoms with van der Waals surface area (Å²) in [7, 11) is 1.76. The molecule has 46 valence electrons. The summed E-state index contributed by atoms with van der Waals surface area (Å²) in [6.07, 6.45) is 0. The van der Waals surface area contributed by atoms with E-state index < -0.39 is 0 Å². The van der Waals surface area contributed by atoms with Crippen molar-refractivity contribution in [2.24, 2.45) is 10.8 Å². The summed E-state index contributed by atoms with van der Waals surface area (Å²) in [5.41, 5.74) is 0. The van der Waals surface area contributed by atoms with E-state index in [4.69, 9.17) is 5.84 Å². The van der Waals surface area contributed by atoms with Crippen molar-refractivity contribution in [2.45, 2.75) is 0 Å². The van der Waals surface area contributed by atoms with Crippen LogP contribution in [0.1, 0.15) is 0 Å². The van der Waals surface area contributed by atoms with Gasteiger partial charge in [-0.25, -0.2) is 5.84 Å². The van der Waals surface area contributed by atoms with E-state index in [1.807, 2.05) is 0 Å². The topological polar surface area (TPSA) is 53.6 Å². The molecule has 0 atom stereocenters. The zero-order chi connectivity index (χ0) is 5.98. The molecule has 0 aromatic carbocycles. The molecule has 4 heteroatoms. The fourth-order valence-electron chi connectivity index (χ4n) is 0.622. The molecular formula is C4H10N4. The lowest BCUT2D eigenvalue weighted by atomic mass is 10.7. The minimum atomic E-state index is 0.782. The average Bonchev–Trinajstić information content (AvgIpc) is 2.12. The summed E-state index contributed by atoms with van der Waals surface area (Å²) >= 11 is 0. The maximum Gasteiger partial charge on any atom is 0.208 e. The minimum absolute atomic E-state index is 0.782. The largest absolute Gasteiger partial charge is 0.353 e. The number of nitrogens with one attached hydrogen (secondary N) is 1. The molecule has 0 fully saturated rings. The molecule has 0 aliphatic carbocycles. The Hall–Kier alpha value is -0.770. The summed E-state index contributed by atoms with van der Waals surface area (Å²) in [6.45, 7) is 1.76. The van der Waals surface area contributed by atoms with Gasteiger partial charge >= 0.3 is 0 Å². The Kier molecular flexibility index (Phi) is 1.34. The van der Waals surface area contributed by atoms with Crippen molar-refractivity contribution in [1.29, 1.82) is 0 Å². The van der Waals surface area contributed by atoms with Crippen LogP contribution in [-0.4, -0.2) is 31.1 Å². The molecular weight excluding hydrogens is 104 g/mol. The lowest BCUT2D eigenvalue weighted by Crippen LogP contribution is -2.40. The number of aliphatic imine (C=N–C) groups is 1. The predicted molar refractivity (Wildman–Crippen MR) is 32.3 cm³/mol. The van der Waals surface area contributed by atoms with Gasteiger partial charge < -0.3 is 5.32 Å². The van der Waals surface area contributed by atoms with Gasteiger partial charge in [0.1, 0.15) is 0 Å². The lowest BCUT2D eigenvalue weighted by molar-refractivity contribution is 0.522. The first-order valence-electron chi connectivity index (χ1n) is 2.57. The zero-order valence-electron chi connectivity index (χ0n) is 4.89. The van der Waals surface area contributed by atoms with Crippen LogP contribution in [0, 0.1) is 0 Å². The molecule has 1 aliphatic heterocycles. The van der Waals surface area contributed by atoms with Crippen molar-refractivity contribution >= 4 is 5.96 Å². The molecule has 0 bridgehead atoms. The van der Waals surface area contributed by atoms with E-state index in [-0.39, 0.29) is 0 Å². The van der Waals surface area contributed by atoms with Crippen molar-refractivity contribution < 1.29 is 0 Å². The van der Waals surface area contributed by atoms with Gasteiger partial charge in [0.05, 0.1) is 6.54 Å². The molecule has 8 heavy (non-hydrogen) atoms. The molecule has 0 unspecified atom stereocenters. The van der Waals surface area contributed by atoms with E-state index in [1.165, 1.54) is 5.01 Å². The standard InChI is InChI=1S/C4H10N4/c1-8(5)4-6-2-3-7-4/h2-3,5H2,1H3,(H,6,7). The molecule has 0 saturated heterocycles. The maximum absolute atomic E-state index is 5.34. The highest BCUT2D eigenvalue weighted by molar-refractivity contribution is 5.80. The van der Waals surface area contributed by atoms with Crippen molar-refractivity contribution in [3.63, 3.8) is 0 Å². The van der Waals surface area contributed by atoms with Gasteiger partial charge in [-0.2, -0.15) is 0 Å².